The highest BCUT2D eigenvalue weighted by Gasteiger charge is 2.16. The fourth-order valence-corrected chi connectivity index (χ4v) is 2.05. The number of aromatic nitrogens is 2. The summed E-state index contributed by atoms with van der Waals surface area (Å²) in [6.45, 7) is 0. The van der Waals surface area contributed by atoms with Crippen molar-refractivity contribution in [3.8, 4) is 0 Å². The minimum atomic E-state index is -0.199. The zero-order valence-corrected chi connectivity index (χ0v) is 8.03. The van der Waals surface area contributed by atoms with Crippen LogP contribution in [0.15, 0.2) is 21.7 Å². The Bertz CT molecular complexity index is 413. The van der Waals surface area contributed by atoms with Crippen molar-refractivity contribution >= 4 is 0 Å². The van der Waals surface area contributed by atoms with Gasteiger partial charge in [-0.05, 0) is 12.8 Å². The van der Waals surface area contributed by atoms with Crippen molar-refractivity contribution in [2.24, 2.45) is 0 Å². The second-order valence-corrected chi connectivity index (χ2v) is 3.81. The smallest absolute Gasteiger partial charge is 0.265 e. The number of hydrogen-bond donors (Lipinski definition) is 1. The molecule has 1 aromatic rings. The van der Waals surface area contributed by atoms with Crippen LogP contribution in [0, 0.1) is 0 Å². The summed E-state index contributed by atoms with van der Waals surface area (Å²) in [6, 6.07) is 2.82. The van der Waals surface area contributed by atoms with Crippen molar-refractivity contribution in [3.63, 3.8) is 0 Å². The van der Waals surface area contributed by atoms with Gasteiger partial charge in [0, 0.05) is 12.1 Å². The number of nitrogens with zero attached hydrogens (tertiary/aromatic N) is 1. The molecule has 1 aliphatic carbocycles. The summed E-state index contributed by atoms with van der Waals surface area (Å²) in [4.78, 5) is 22.5. The summed E-state index contributed by atoms with van der Waals surface area (Å²) in [6.07, 6.45) is 5.53. The normalized spacial score (nSPS) is 18.3. The predicted octanol–water partition coefficient (Wildman–Crippen LogP) is 1.04. The third-order valence-electron chi connectivity index (χ3n) is 2.79. The lowest BCUT2D eigenvalue weighted by Gasteiger charge is -2.22. The SMILES string of the molecule is O=c1ccc(=O)n(C2CCCCC2)[nH]1. The first kappa shape index (κ1) is 9.24. The molecule has 0 unspecified atom stereocenters. The lowest BCUT2D eigenvalue weighted by Crippen LogP contribution is -2.32. The van der Waals surface area contributed by atoms with E-state index in [0.29, 0.717) is 0 Å². The minimum Gasteiger partial charge on any atom is -0.268 e. The van der Waals surface area contributed by atoms with Gasteiger partial charge < -0.3 is 0 Å². The molecule has 0 bridgehead atoms. The quantitative estimate of drug-likeness (QED) is 0.726. The zero-order valence-electron chi connectivity index (χ0n) is 8.03. The molecule has 0 aromatic carbocycles. The Morgan fingerprint density at radius 2 is 1.86 bits per heavy atom. The van der Waals surface area contributed by atoms with E-state index < -0.39 is 0 Å². The third kappa shape index (κ3) is 1.78. The Morgan fingerprint density at radius 1 is 1.14 bits per heavy atom. The van der Waals surface area contributed by atoms with Gasteiger partial charge in [-0.1, -0.05) is 19.3 Å². The Hall–Kier alpha value is -1.32. The van der Waals surface area contributed by atoms with Gasteiger partial charge in [0.05, 0.1) is 6.04 Å². The van der Waals surface area contributed by atoms with Gasteiger partial charge in [-0.2, -0.15) is 0 Å². The lowest BCUT2D eigenvalue weighted by molar-refractivity contribution is 0.316. The van der Waals surface area contributed by atoms with E-state index in [9.17, 15) is 9.59 Å². The molecule has 0 atom stereocenters. The molecule has 0 amide bonds. The van der Waals surface area contributed by atoms with Crippen molar-refractivity contribution < 1.29 is 0 Å². The average Bonchev–Trinajstić information content (AvgIpc) is 2.23. The Morgan fingerprint density at radius 3 is 2.57 bits per heavy atom. The maximum absolute atomic E-state index is 11.5. The van der Waals surface area contributed by atoms with E-state index in [0.717, 1.165) is 25.7 Å². The largest absolute Gasteiger partial charge is 0.268 e. The van der Waals surface area contributed by atoms with Crippen LogP contribution in [-0.4, -0.2) is 9.78 Å². The van der Waals surface area contributed by atoms with E-state index in [1.54, 1.807) is 0 Å². The molecule has 1 aliphatic rings. The standard InChI is InChI=1S/C10H14N2O2/c13-9-6-7-10(14)12(11-9)8-4-2-1-3-5-8/h6-8H,1-5H2,(H,11,13). The first-order valence-corrected chi connectivity index (χ1v) is 5.09. The zero-order chi connectivity index (χ0) is 9.97. The van der Waals surface area contributed by atoms with Gasteiger partial charge in [0.1, 0.15) is 0 Å². The van der Waals surface area contributed by atoms with Crippen LogP contribution in [0.4, 0.5) is 0 Å². The van der Waals surface area contributed by atoms with E-state index >= 15 is 0 Å². The summed E-state index contributed by atoms with van der Waals surface area (Å²) in [5, 5.41) is 2.59. The molecule has 4 nitrogen and oxygen atoms in total. The summed E-state index contributed by atoms with van der Waals surface area (Å²) in [5.74, 6) is 0. The summed E-state index contributed by atoms with van der Waals surface area (Å²) < 4.78 is 1.49. The minimum absolute atomic E-state index is 0.100. The second kappa shape index (κ2) is 3.82. The van der Waals surface area contributed by atoms with E-state index in [1.165, 1.54) is 23.2 Å². The fraction of sp³-hybridized carbons (Fsp3) is 0.600. The number of rotatable bonds is 1. The number of aromatic amines is 1. The molecule has 1 saturated carbocycles. The molecular formula is C10H14N2O2. The molecule has 4 heteroatoms. The molecule has 1 aromatic heterocycles. The molecule has 1 fully saturated rings. The van der Waals surface area contributed by atoms with Gasteiger partial charge in [0.15, 0.2) is 0 Å². The first-order chi connectivity index (χ1) is 6.77. The van der Waals surface area contributed by atoms with Crippen molar-refractivity contribution in [1.29, 1.82) is 0 Å². The molecule has 2 rings (SSSR count). The fourth-order valence-electron chi connectivity index (χ4n) is 2.05. The van der Waals surface area contributed by atoms with Gasteiger partial charge in [0.2, 0.25) is 0 Å². The van der Waals surface area contributed by atoms with E-state index in [4.69, 9.17) is 0 Å². The molecule has 1 N–H and O–H groups in total. The number of nitrogens with one attached hydrogen (secondary N) is 1. The van der Waals surface area contributed by atoms with Crippen LogP contribution in [0.1, 0.15) is 38.1 Å². The van der Waals surface area contributed by atoms with Crippen LogP contribution in [0.3, 0.4) is 0 Å². The summed E-state index contributed by atoms with van der Waals surface area (Å²) >= 11 is 0. The van der Waals surface area contributed by atoms with Crippen molar-refractivity contribution in [3.05, 3.63) is 32.8 Å². The Kier molecular flexibility index (Phi) is 2.52. The number of H-pyrrole nitrogens is 1. The maximum Gasteiger partial charge on any atom is 0.265 e. The Labute approximate surface area is 81.6 Å². The van der Waals surface area contributed by atoms with Gasteiger partial charge >= 0.3 is 0 Å². The molecule has 14 heavy (non-hydrogen) atoms. The van der Waals surface area contributed by atoms with Crippen LogP contribution < -0.4 is 11.1 Å². The van der Waals surface area contributed by atoms with Gasteiger partial charge in [-0.25, -0.2) is 4.68 Å². The molecule has 0 aliphatic heterocycles. The van der Waals surface area contributed by atoms with E-state index in [1.807, 2.05) is 0 Å². The van der Waals surface area contributed by atoms with Gasteiger partial charge in [-0.3, -0.25) is 14.7 Å². The molecule has 0 saturated heterocycles. The molecule has 0 spiro atoms. The first-order valence-electron chi connectivity index (χ1n) is 5.09. The second-order valence-electron chi connectivity index (χ2n) is 3.81. The highest BCUT2D eigenvalue weighted by Crippen LogP contribution is 2.25. The van der Waals surface area contributed by atoms with Crippen LogP contribution in [0.2, 0.25) is 0 Å². The highest BCUT2D eigenvalue weighted by atomic mass is 16.1. The predicted molar refractivity (Wildman–Crippen MR) is 53.4 cm³/mol. The van der Waals surface area contributed by atoms with Gasteiger partial charge in [0.25, 0.3) is 11.1 Å². The third-order valence-corrected chi connectivity index (χ3v) is 2.79. The van der Waals surface area contributed by atoms with E-state index in [-0.39, 0.29) is 17.2 Å². The van der Waals surface area contributed by atoms with Crippen LogP contribution in [-0.2, 0) is 0 Å². The highest BCUT2D eigenvalue weighted by molar-refractivity contribution is 4.88. The van der Waals surface area contributed by atoms with Gasteiger partial charge in [-0.15, -0.1) is 0 Å². The topological polar surface area (TPSA) is 54.9 Å². The Balaban J connectivity index is 2.34. The van der Waals surface area contributed by atoms with Crippen LogP contribution in [0.5, 0.6) is 0 Å². The molecule has 1 heterocycles. The maximum atomic E-state index is 11.5. The monoisotopic (exact) mass is 194 g/mol. The van der Waals surface area contributed by atoms with Crippen molar-refractivity contribution in [1.82, 2.24) is 9.78 Å². The molecule has 0 radical (unpaired) electrons. The summed E-state index contributed by atoms with van der Waals surface area (Å²) in [7, 11) is 0. The summed E-state index contributed by atoms with van der Waals surface area (Å²) in [5.41, 5.74) is -0.299. The van der Waals surface area contributed by atoms with Crippen molar-refractivity contribution in [2.75, 3.05) is 0 Å². The van der Waals surface area contributed by atoms with E-state index in [2.05, 4.69) is 5.10 Å². The van der Waals surface area contributed by atoms with Crippen molar-refractivity contribution in [2.45, 2.75) is 38.1 Å². The van der Waals surface area contributed by atoms with Crippen LogP contribution in [0.25, 0.3) is 0 Å². The van der Waals surface area contributed by atoms with Crippen LogP contribution >= 0.6 is 0 Å². The number of hydrogen-bond acceptors (Lipinski definition) is 2. The molecule has 76 valence electrons. The average molecular weight is 194 g/mol. The lowest BCUT2D eigenvalue weighted by atomic mass is 9.96. The molecular weight excluding hydrogens is 180 g/mol.